The molecule has 11 heteroatoms. The molecule has 0 amide bonds. The largest absolute Gasteiger partial charge is 0.480 e. The number of nitrogens with zero attached hydrogens (tertiary/aromatic N) is 3. The van der Waals surface area contributed by atoms with Crippen molar-refractivity contribution in [3.05, 3.63) is 60.1 Å². The van der Waals surface area contributed by atoms with Crippen LogP contribution in [0, 0.1) is 11.7 Å². The number of hydrogen-bond acceptors (Lipinski definition) is 8. The fraction of sp³-hybridized carbons (Fsp3) is 0.217. The van der Waals surface area contributed by atoms with E-state index in [-0.39, 0.29) is 23.3 Å². The number of benzene rings is 2. The number of rotatable bonds is 8. The molecule has 0 fully saturated rings. The first-order valence-corrected chi connectivity index (χ1v) is 11.3. The second-order valence-corrected chi connectivity index (χ2v) is 9.05. The van der Waals surface area contributed by atoms with E-state index in [0.29, 0.717) is 22.8 Å². The molecule has 2 heterocycles. The highest BCUT2D eigenvalue weighted by Gasteiger charge is 2.23. The third-order valence-electron chi connectivity index (χ3n) is 4.94. The monoisotopic (exact) mass is 483 g/mol. The number of amidine groups is 1. The Kier molecular flexibility index (Phi) is 6.73. The van der Waals surface area contributed by atoms with Crippen LogP contribution < -0.4 is 10.6 Å². The van der Waals surface area contributed by atoms with Crippen molar-refractivity contribution in [2.75, 3.05) is 5.32 Å². The number of carbonyl (C=O) groups is 1. The van der Waals surface area contributed by atoms with Gasteiger partial charge in [0.1, 0.15) is 17.6 Å². The van der Waals surface area contributed by atoms with Crippen molar-refractivity contribution in [1.82, 2.24) is 15.5 Å². The summed E-state index contributed by atoms with van der Waals surface area (Å²) >= 11 is 1.35. The minimum absolute atomic E-state index is 0.108. The molecule has 0 spiro atoms. The van der Waals surface area contributed by atoms with Crippen LogP contribution in [-0.4, -0.2) is 38.3 Å². The summed E-state index contributed by atoms with van der Waals surface area (Å²) in [4.78, 5) is 15.9. The fourth-order valence-electron chi connectivity index (χ4n) is 3.33. The number of oxime groups is 1. The van der Waals surface area contributed by atoms with Crippen molar-refractivity contribution in [3.8, 4) is 11.3 Å². The standard InChI is InChI=1S/C23H22FN5O4S/c1-12(2)9-18(22(30)31)26-21(28-32)19-11-17(29-33-19)13-3-6-15(7-4-13)25-23-27-16-8-5-14(24)10-20(16)34-23/h3-8,10-12,18,32H,9H2,1-2H3,(H,25,27)(H,26,28)(H,30,31). The zero-order chi connectivity index (χ0) is 24.2. The summed E-state index contributed by atoms with van der Waals surface area (Å²) in [7, 11) is 0. The van der Waals surface area contributed by atoms with Gasteiger partial charge in [-0.3, -0.25) is 0 Å². The predicted molar refractivity (Wildman–Crippen MR) is 127 cm³/mol. The second-order valence-electron chi connectivity index (χ2n) is 8.02. The van der Waals surface area contributed by atoms with Crippen molar-refractivity contribution in [3.63, 3.8) is 0 Å². The van der Waals surface area contributed by atoms with Crippen LogP contribution >= 0.6 is 11.3 Å². The van der Waals surface area contributed by atoms with Crippen LogP contribution in [0.2, 0.25) is 0 Å². The first-order valence-electron chi connectivity index (χ1n) is 10.4. The van der Waals surface area contributed by atoms with Gasteiger partial charge in [-0.15, -0.1) is 0 Å². The van der Waals surface area contributed by atoms with E-state index in [4.69, 9.17) is 4.52 Å². The number of nitrogens with one attached hydrogen (secondary N) is 2. The smallest absolute Gasteiger partial charge is 0.326 e. The minimum atomic E-state index is -1.06. The molecule has 0 saturated heterocycles. The molecule has 4 aromatic rings. The fourth-order valence-corrected chi connectivity index (χ4v) is 4.24. The highest BCUT2D eigenvalue weighted by atomic mass is 32.1. The summed E-state index contributed by atoms with van der Waals surface area (Å²) in [6.45, 7) is 3.80. The second kappa shape index (κ2) is 9.87. The van der Waals surface area contributed by atoms with E-state index >= 15 is 0 Å². The van der Waals surface area contributed by atoms with E-state index in [9.17, 15) is 19.5 Å². The van der Waals surface area contributed by atoms with Gasteiger partial charge in [-0.05, 0) is 42.7 Å². The van der Waals surface area contributed by atoms with Gasteiger partial charge in [0.05, 0.1) is 10.2 Å². The number of fused-ring (bicyclic) bond motifs is 1. The summed E-state index contributed by atoms with van der Waals surface area (Å²) in [5.74, 6) is -1.25. The van der Waals surface area contributed by atoms with Gasteiger partial charge < -0.3 is 25.5 Å². The Morgan fingerprint density at radius 3 is 2.65 bits per heavy atom. The lowest BCUT2D eigenvalue weighted by Crippen LogP contribution is -2.42. The van der Waals surface area contributed by atoms with Crippen LogP contribution in [0.3, 0.4) is 0 Å². The molecule has 0 saturated carbocycles. The van der Waals surface area contributed by atoms with Crippen LogP contribution in [0.5, 0.6) is 0 Å². The molecule has 0 aliphatic rings. The van der Waals surface area contributed by atoms with Gasteiger partial charge in [-0.2, -0.15) is 0 Å². The van der Waals surface area contributed by atoms with Crippen LogP contribution in [0.4, 0.5) is 15.2 Å². The van der Waals surface area contributed by atoms with Crippen molar-refractivity contribution < 1.29 is 24.0 Å². The molecule has 9 nitrogen and oxygen atoms in total. The molecular formula is C23H22FN5O4S. The average molecular weight is 484 g/mol. The summed E-state index contributed by atoms with van der Waals surface area (Å²) in [6.07, 6.45) is 0.341. The topological polar surface area (TPSA) is 133 Å². The van der Waals surface area contributed by atoms with Gasteiger partial charge in [0.2, 0.25) is 11.6 Å². The number of thiazole rings is 1. The Labute approximate surface area is 197 Å². The molecule has 0 radical (unpaired) electrons. The van der Waals surface area contributed by atoms with Gasteiger partial charge >= 0.3 is 5.97 Å². The molecule has 0 aliphatic heterocycles. The summed E-state index contributed by atoms with van der Waals surface area (Å²) < 4.78 is 19.4. The lowest BCUT2D eigenvalue weighted by molar-refractivity contribution is -0.139. The molecule has 0 bridgehead atoms. The molecule has 0 aliphatic carbocycles. The molecule has 2 aromatic heterocycles. The zero-order valence-electron chi connectivity index (χ0n) is 18.3. The summed E-state index contributed by atoms with van der Waals surface area (Å²) in [5, 5.41) is 32.5. The Hall–Kier alpha value is -3.99. The van der Waals surface area contributed by atoms with E-state index in [1.165, 1.54) is 23.5 Å². The molecule has 4 rings (SSSR count). The molecule has 34 heavy (non-hydrogen) atoms. The molecule has 1 unspecified atom stereocenters. The maximum absolute atomic E-state index is 13.4. The quantitative estimate of drug-likeness (QED) is 0.118. The lowest BCUT2D eigenvalue weighted by atomic mass is 10.0. The molecule has 176 valence electrons. The van der Waals surface area contributed by atoms with E-state index in [1.807, 2.05) is 38.1 Å². The van der Waals surface area contributed by atoms with E-state index in [2.05, 4.69) is 25.9 Å². The molecule has 1 atom stereocenters. The SMILES string of the molecule is CC(C)CC(NC(=NO)c1cc(-c2ccc(Nc3nc4ccc(F)cc4s3)cc2)no1)C(=O)O. The molecule has 4 N–H and O–H groups in total. The van der Waals surface area contributed by atoms with Crippen molar-refractivity contribution in [2.45, 2.75) is 26.3 Å². The number of halogens is 1. The normalized spacial score (nSPS) is 12.8. The third-order valence-corrected chi connectivity index (χ3v) is 5.88. The highest BCUT2D eigenvalue weighted by Crippen LogP contribution is 2.30. The van der Waals surface area contributed by atoms with E-state index in [1.54, 1.807) is 12.1 Å². The van der Waals surface area contributed by atoms with Crippen LogP contribution in [0.15, 0.2) is 58.2 Å². The summed E-state index contributed by atoms with van der Waals surface area (Å²) in [6, 6.07) is 12.4. The maximum atomic E-state index is 13.4. The van der Waals surface area contributed by atoms with Gasteiger partial charge in [-0.1, -0.05) is 47.6 Å². The Bertz CT molecular complexity index is 1330. The summed E-state index contributed by atoms with van der Waals surface area (Å²) in [5.41, 5.74) is 2.72. The van der Waals surface area contributed by atoms with Crippen molar-refractivity contribution in [1.29, 1.82) is 0 Å². The van der Waals surface area contributed by atoms with Crippen LogP contribution in [0.1, 0.15) is 26.0 Å². The van der Waals surface area contributed by atoms with E-state index in [0.717, 1.165) is 16.0 Å². The number of aliphatic carboxylic acids is 1. The van der Waals surface area contributed by atoms with Gasteiger partial charge in [0.25, 0.3) is 0 Å². The van der Waals surface area contributed by atoms with Gasteiger partial charge in [0, 0.05) is 17.3 Å². The molecular weight excluding hydrogens is 461 g/mol. The number of hydrogen-bond donors (Lipinski definition) is 4. The lowest BCUT2D eigenvalue weighted by Gasteiger charge is -2.16. The number of carboxylic acids is 1. The molecule has 2 aromatic carbocycles. The van der Waals surface area contributed by atoms with Gasteiger partial charge in [0.15, 0.2) is 5.13 Å². The van der Waals surface area contributed by atoms with E-state index < -0.39 is 12.0 Å². The zero-order valence-corrected chi connectivity index (χ0v) is 19.1. The highest BCUT2D eigenvalue weighted by molar-refractivity contribution is 7.22. The third kappa shape index (κ3) is 5.31. The number of anilines is 2. The number of carboxylic acid groups (broad SMARTS) is 1. The predicted octanol–water partition coefficient (Wildman–Crippen LogP) is 5.06. The van der Waals surface area contributed by atoms with Crippen molar-refractivity contribution in [2.24, 2.45) is 11.1 Å². The maximum Gasteiger partial charge on any atom is 0.326 e. The Morgan fingerprint density at radius 1 is 1.21 bits per heavy atom. The minimum Gasteiger partial charge on any atom is -0.480 e. The van der Waals surface area contributed by atoms with Gasteiger partial charge in [-0.25, -0.2) is 14.2 Å². The van der Waals surface area contributed by atoms with Crippen LogP contribution in [-0.2, 0) is 4.79 Å². The Morgan fingerprint density at radius 2 is 1.97 bits per heavy atom. The average Bonchev–Trinajstić information content (AvgIpc) is 3.43. The first kappa shape index (κ1) is 23.2. The Balaban J connectivity index is 1.46. The van der Waals surface area contributed by atoms with Crippen molar-refractivity contribution >= 4 is 44.2 Å². The van der Waals surface area contributed by atoms with Crippen LogP contribution in [0.25, 0.3) is 21.5 Å². The number of aromatic nitrogens is 2. The first-order chi connectivity index (χ1) is 16.3.